The number of carbonyl (C=O) groups is 3. The lowest BCUT2D eigenvalue weighted by Gasteiger charge is -2.17. The van der Waals surface area contributed by atoms with E-state index in [1.165, 1.54) is 0 Å². The SMILES string of the molecule is COc1ccc(N2CC(C(=O)Nc3ccccc3C(=O)NCc3ccc4c(c3)OCO4)CC2=O)cc1. The summed E-state index contributed by atoms with van der Waals surface area (Å²) >= 11 is 0. The second-order valence-electron chi connectivity index (χ2n) is 8.51. The first kappa shape index (κ1) is 23.2. The molecule has 0 saturated carbocycles. The van der Waals surface area contributed by atoms with Gasteiger partial charge in [-0.1, -0.05) is 18.2 Å². The molecule has 1 atom stereocenters. The molecule has 184 valence electrons. The first-order chi connectivity index (χ1) is 17.5. The van der Waals surface area contributed by atoms with E-state index >= 15 is 0 Å². The molecular weight excluding hydrogens is 462 g/mol. The molecule has 0 spiro atoms. The highest BCUT2D eigenvalue weighted by atomic mass is 16.7. The second kappa shape index (κ2) is 9.99. The summed E-state index contributed by atoms with van der Waals surface area (Å²) in [6.45, 7) is 0.726. The molecule has 2 aliphatic rings. The zero-order valence-corrected chi connectivity index (χ0v) is 19.7. The van der Waals surface area contributed by atoms with Gasteiger partial charge in [0.2, 0.25) is 18.6 Å². The first-order valence-corrected chi connectivity index (χ1v) is 11.5. The highest BCUT2D eigenvalue weighted by Gasteiger charge is 2.35. The molecule has 1 saturated heterocycles. The minimum atomic E-state index is -0.538. The molecule has 3 aromatic carbocycles. The van der Waals surface area contributed by atoms with Gasteiger partial charge in [-0.25, -0.2) is 0 Å². The van der Waals surface area contributed by atoms with E-state index in [4.69, 9.17) is 14.2 Å². The summed E-state index contributed by atoms with van der Waals surface area (Å²) in [4.78, 5) is 40.1. The van der Waals surface area contributed by atoms with Crippen LogP contribution in [-0.2, 0) is 16.1 Å². The molecule has 5 rings (SSSR count). The second-order valence-corrected chi connectivity index (χ2v) is 8.51. The van der Waals surface area contributed by atoms with Crippen LogP contribution >= 0.6 is 0 Å². The molecule has 2 heterocycles. The van der Waals surface area contributed by atoms with Gasteiger partial charge in [-0.2, -0.15) is 0 Å². The van der Waals surface area contributed by atoms with Crippen LogP contribution in [-0.4, -0.2) is 38.2 Å². The molecule has 3 amide bonds. The minimum absolute atomic E-state index is 0.0936. The summed E-state index contributed by atoms with van der Waals surface area (Å²) in [5.41, 5.74) is 2.29. The standard InChI is InChI=1S/C27H25N3O6/c1-34-20-9-7-19(8-10-20)30-15-18(13-25(30)31)26(32)29-22-5-3-2-4-21(22)27(33)28-14-17-6-11-23-24(12-17)36-16-35-23/h2-12,18H,13-16H2,1H3,(H,28,33)(H,29,32). The minimum Gasteiger partial charge on any atom is -0.497 e. The van der Waals surface area contributed by atoms with E-state index in [1.807, 2.05) is 12.1 Å². The number of rotatable bonds is 7. The Kier molecular flexibility index (Phi) is 6.44. The lowest BCUT2D eigenvalue weighted by Crippen LogP contribution is -2.29. The number of fused-ring (bicyclic) bond motifs is 1. The van der Waals surface area contributed by atoms with Gasteiger partial charge in [0.15, 0.2) is 11.5 Å². The summed E-state index contributed by atoms with van der Waals surface area (Å²) < 4.78 is 15.9. The van der Waals surface area contributed by atoms with Crippen molar-refractivity contribution in [3.63, 3.8) is 0 Å². The fraction of sp³-hybridized carbons (Fsp3) is 0.222. The Bertz CT molecular complexity index is 1310. The number of hydrogen-bond donors (Lipinski definition) is 2. The number of ether oxygens (including phenoxy) is 3. The van der Waals surface area contributed by atoms with Crippen molar-refractivity contribution in [1.82, 2.24) is 5.32 Å². The van der Waals surface area contributed by atoms with Crippen molar-refractivity contribution < 1.29 is 28.6 Å². The monoisotopic (exact) mass is 487 g/mol. The average Bonchev–Trinajstić information content (AvgIpc) is 3.54. The Morgan fingerprint density at radius 2 is 1.81 bits per heavy atom. The number of para-hydroxylation sites is 1. The van der Waals surface area contributed by atoms with Gasteiger partial charge in [0.05, 0.1) is 24.3 Å². The predicted octanol–water partition coefficient (Wildman–Crippen LogP) is 3.35. The van der Waals surface area contributed by atoms with Crippen LogP contribution in [0.2, 0.25) is 0 Å². The molecule has 1 fully saturated rings. The summed E-state index contributed by atoms with van der Waals surface area (Å²) in [7, 11) is 1.58. The van der Waals surface area contributed by atoms with Crippen molar-refractivity contribution >= 4 is 29.1 Å². The van der Waals surface area contributed by atoms with Crippen LogP contribution in [0.5, 0.6) is 17.2 Å². The van der Waals surface area contributed by atoms with Gasteiger partial charge in [0.1, 0.15) is 5.75 Å². The van der Waals surface area contributed by atoms with E-state index < -0.39 is 5.92 Å². The molecule has 0 bridgehead atoms. The highest BCUT2D eigenvalue weighted by Crippen LogP contribution is 2.32. The predicted molar refractivity (Wildman–Crippen MR) is 132 cm³/mol. The Morgan fingerprint density at radius 1 is 1.03 bits per heavy atom. The zero-order chi connectivity index (χ0) is 25.1. The molecular formula is C27H25N3O6. The van der Waals surface area contributed by atoms with E-state index in [0.717, 1.165) is 5.56 Å². The van der Waals surface area contributed by atoms with Gasteiger partial charge in [-0.05, 0) is 54.1 Å². The summed E-state index contributed by atoms with van der Waals surface area (Å²) in [5, 5.41) is 5.72. The maximum atomic E-state index is 13.0. The van der Waals surface area contributed by atoms with E-state index in [1.54, 1.807) is 66.6 Å². The van der Waals surface area contributed by atoms with Crippen LogP contribution in [0, 0.1) is 5.92 Å². The highest BCUT2D eigenvalue weighted by molar-refractivity contribution is 6.07. The van der Waals surface area contributed by atoms with Crippen LogP contribution in [0.4, 0.5) is 11.4 Å². The largest absolute Gasteiger partial charge is 0.497 e. The lowest BCUT2D eigenvalue weighted by atomic mass is 10.1. The first-order valence-electron chi connectivity index (χ1n) is 11.5. The molecule has 0 aliphatic carbocycles. The van der Waals surface area contributed by atoms with Crippen LogP contribution in [0.15, 0.2) is 66.7 Å². The van der Waals surface area contributed by atoms with E-state index in [-0.39, 0.29) is 44.0 Å². The van der Waals surface area contributed by atoms with Crippen LogP contribution in [0.3, 0.4) is 0 Å². The Labute approximate surface area is 208 Å². The maximum Gasteiger partial charge on any atom is 0.253 e. The van der Waals surface area contributed by atoms with Crippen LogP contribution < -0.4 is 29.7 Å². The van der Waals surface area contributed by atoms with E-state index in [2.05, 4.69) is 10.6 Å². The van der Waals surface area contributed by atoms with E-state index in [9.17, 15) is 14.4 Å². The number of methoxy groups -OCH3 is 1. The smallest absolute Gasteiger partial charge is 0.253 e. The molecule has 36 heavy (non-hydrogen) atoms. The number of carbonyl (C=O) groups excluding carboxylic acids is 3. The van der Waals surface area contributed by atoms with Crippen molar-refractivity contribution in [3.8, 4) is 17.2 Å². The Morgan fingerprint density at radius 3 is 2.61 bits per heavy atom. The van der Waals surface area contributed by atoms with Crippen molar-refractivity contribution in [3.05, 3.63) is 77.9 Å². The third-order valence-corrected chi connectivity index (χ3v) is 6.20. The maximum absolute atomic E-state index is 13.0. The Hall–Kier alpha value is -4.53. The van der Waals surface area contributed by atoms with Gasteiger partial charge in [-0.15, -0.1) is 0 Å². The summed E-state index contributed by atoms with van der Waals surface area (Å²) in [6.07, 6.45) is 0.0936. The number of nitrogens with one attached hydrogen (secondary N) is 2. The average molecular weight is 488 g/mol. The van der Waals surface area contributed by atoms with Crippen LogP contribution in [0.1, 0.15) is 22.3 Å². The number of benzene rings is 3. The lowest BCUT2D eigenvalue weighted by molar-refractivity contribution is -0.122. The van der Waals surface area contributed by atoms with Crippen molar-refractivity contribution in [2.75, 3.05) is 30.7 Å². The molecule has 3 aromatic rings. The fourth-order valence-corrected chi connectivity index (χ4v) is 4.25. The topological polar surface area (TPSA) is 106 Å². The number of amides is 3. The van der Waals surface area contributed by atoms with E-state index in [0.29, 0.717) is 34.2 Å². The number of nitrogens with zero attached hydrogens (tertiary/aromatic N) is 1. The normalized spacial score (nSPS) is 16.1. The van der Waals surface area contributed by atoms with Crippen molar-refractivity contribution in [2.45, 2.75) is 13.0 Å². The van der Waals surface area contributed by atoms with Crippen LogP contribution in [0.25, 0.3) is 0 Å². The van der Waals surface area contributed by atoms with Gasteiger partial charge in [0, 0.05) is 25.2 Å². The summed E-state index contributed by atoms with van der Waals surface area (Å²) in [5.74, 6) is 0.701. The molecule has 9 heteroatoms. The molecule has 0 aromatic heterocycles. The molecule has 0 radical (unpaired) electrons. The molecule has 9 nitrogen and oxygen atoms in total. The van der Waals surface area contributed by atoms with Gasteiger partial charge < -0.3 is 29.7 Å². The third kappa shape index (κ3) is 4.81. The van der Waals surface area contributed by atoms with Crippen molar-refractivity contribution in [1.29, 1.82) is 0 Å². The molecule has 2 N–H and O–H groups in total. The molecule has 1 unspecified atom stereocenters. The molecule has 2 aliphatic heterocycles. The number of anilines is 2. The number of hydrogen-bond acceptors (Lipinski definition) is 6. The Balaban J connectivity index is 1.22. The zero-order valence-electron chi connectivity index (χ0n) is 19.7. The fourth-order valence-electron chi connectivity index (χ4n) is 4.25. The van der Waals surface area contributed by atoms with Gasteiger partial charge in [0.25, 0.3) is 5.91 Å². The third-order valence-electron chi connectivity index (χ3n) is 6.20. The van der Waals surface area contributed by atoms with Crippen molar-refractivity contribution in [2.24, 2.45) is 5.92 Å². The quantitative estimate of drug-likeness (QED) is 0.530. The van der Waals surface area contributed by atoms with Gasteiger partial charge >= 0.3 is 0 Å². The van der Waals surface area contributed by atoms with Gasteiger partial charge in [-0.3, -0.25) is 14.4 Å². The summed E-state index contributed by atoms with van der Waals surface area (Å²) in [6, 6.07) is 19.4.